The van der Waals surface area contributed by atoms with Crippen LogP contribution in [0.1, 0.15) is 10.4 Å². The number of nitrogens with zero attached hydrogens (tertiary/aromatic N) is 1. The molecule has 2 aromatic carbocycles. The van der Waals surface area contributed by atoms with Crippen LogP contribution in [-0.4, -0.2) is 15.9 Å². The second-order valence-electron chi connectivity index (χ2n) is 4.16. The molecule has 0 unspecified atom stereocenters. The van der Waals surface area contributed by atoms with Gasteiger partial charge in [-0.15, -0.1) is 0 Å². The topological polar surface area (TPSA) is 92.5 Å². The van der Waals surface area contributed by atoms with Gasteiger partial charge in [-0.1, -0.05) is 27.5 Å². The van der Waals surface area contributed by atoms with E-state index < -0.39 is 16.6 Å². The van der Waals surface area contributed by atoms with Crippen LogP contribution in [0.4, 0.5) is 11.4 Å². The van der Waals surface area contributed by atoms with Crippen molar-refractivity contribution >= 4 is 60.7 Å². The Morgan fingerprint density at radius 2 is 1.95 bits per heavy atom. The van der Waals surface area contributed by atoms with Gasteiger partial charge in [-0.2, -0.15) is 0 Å². The smallest absolute Gasteiger partial charge is 0.271 e. The molecule has 2 rings (SSSR count). The molecule has 2 aromatic rings. The number of non-ortho nitro benzene ring substituents is 1. The number of carbonyl (C=O) groups is 1. The number of benzene rings is 2. The molecule has 114 valence electrons. The highest BCUT2D eigenvalue weighted by Crippen LogP contribution is 2.33. The van der Waals surface area contributed by atoms with Gasteiger partial charge in [-0.3, -0.25) is 14.9 Å². The summed E-state index contributed by atoms with van der Waals surface area (Å²) in [5.41, 5.74) is -0.230. The molecule has 0 aliphatic rings. The first-order chi connectivity index (χ1) is 10.3. The van der Waals surface area contributed by atoms with Gasteiger partial charge < -0.3 is 10.4 Å². The molecule has 6 nitrogen and oxygen atoms in total. The Bertz CT molecular complexity index is 783. The van der Waals surface area contributed by atoms with Gasteiger partial charge in [0.25, 0.3) is 11.6 Å². The molecule has 0 heterocycles. The van der Waals surface area contributed by atoms with Crippen molar-refractivity contribution in [3.05, 3.63) is 60.0 Å². The number of nitro groups is 1. The van der Waals surface area contributed by atoms with Crippen molar-refractivity contribution in [2.24, 2.45) is 0 Å². The predicted octanol–water partition coefficient (Wildman–Crippen LogP) is 4.73. The van der Waals surface area contributed by atoms with Crippen LogP contribution in [0.5, 0.6) is 5.75 Å². The molecule has 0 aliphatic carbocycles. The molecule has 2 N–H and O–H groups in total. The van der Waals surface area contributed by atoms with Crippen molar-refractivity contribution in [3.8, 4) is 5.75 Å². The third-order valence-electron chi connectivity index (χ3n) is 2.68. The number of aromatic hydroxyl groups is 1. The number of amides is 1. The monoisotopic (exact) mass is 448 g/mol. The molecule has 0 fully saturated rings. The number of carbonyl (C=O) groups excluding carboxylic acids is 1. The van der Waals surface area contributed by atoms with E-state index in [0.717, 1.165) is 16.6 Å². The molecular weight excluding hydrogens is 443 g/mol. The van der Waals surface area contributed by atoms with Gasteiger partial charge in [0, 0.05) is 21.1 Å². The summed E-state index contributed by atoms with van der Waals surface area (Å²) in [6.45, 7) is 0. The zero-order valence-corrected chi connectivity index (χ0v) is 14.6. The van der Waals surface area contributed by atoms with Gasteiger partial charge >= 0.3 is 0 Å². The van der Waals surface area contributed by atoms with E-state index in [1.165, 1.54) is 0 Å². The quantitative estimate of drug-likeness (QED) is 0.522. The Morgan fingerprint density at radius 1 is 1.27 bits per heavy atom. The molecule has 0 saturated carbocycles. The van der Waals surface area contributed by atoms with Crippen LogP contribution in [0.15, 0.2) is 39.3 Å². The first-order valence-electron chi connectivity index (χ1n) is 5.73. The van der Waals surface area contributed by atoms with Crippen molar-refractivity contribution in [2.75, 3.05) is 5.32 Å². The number of phenolic OH excluding ortho intramolecular Hbond substituents is 1. The van der Waals surface area contributed by atoms with Crippen LogP contribution in [0.3, 0.4) is 0 Å². The summed E-state index contributed by atoms with van der Waals surface area (Å²) in [6.07, 6.45) is 0. The fourth-order valence-corrected chi connectivity index (χ4v) is 3.00. The largest absolute Gasteiger partial charge is 0.506 e. The number of nitrogens with one attached hydrogen (secondary N) is 1. The normalized spacial score (nSPS) is 10.3. The molecule has 0 bridgehead atoms. The fraction of sp³-hybridized carbons (Fsp3) is 0. The highest BCUT2D eigenvalue weighted by molar-refractivity contribution is 9.11. The average molecular weight is 450 g/mol. The Hall–Kier alpha value is -1.64. The van der Waals surface area contributed by atoms with Gasteiger partial charge in [0.1, 0.15) is 5.75 Å². The van der Waals surface area contributed by atoms with Crippen LogP contribution in [0.25, 0.3) is 0 Å². The Morgan fingerprint density at radius 3 is 2.55 bits per heavy atom. The van der Waals surface area contributed by atoms with E-state index in [9.17, 15) is 20.0 Å². The van der Waals surface area contributed by atoms with E-state index in [-0.39, 0.29) is 16.3 Å². The number of anilines is 1. The molecule has 22 heavy (non-hydrogen) atoms. The summed E-state index contributed by atoms with van der Waals surface area (Å²) in [5, 5.41) is 22.9. The summed E-state index contributed by atoms with van der Waals surface area (Å²) < 4.78 is 1.41. The minimum Gasteiger partial charge on any atom is -0.506 e. The summed E-state index contributed by atoms with van der Waals surface area (Å²) in [5.74, 6) is -1.23. The second-order valence-corrected chi connectivity index (χ2v) is 6.34. The van der Waals surface area contributed by atoms with Crippen molar-refractivity contribution in [1.29, 1.82) is 0 Å². The minimum absolute atomic E-state index is 0.269. The van der Waals surface area contributed by atoms with E-state index in [1.807, 2.05) is 0 Å². The zero-order chi connectivity index (χ0) is 16.4. The SMILES string of the molecule is O=C(Nc1ccc(Br)cc1Br)c1cc([N+](=O)[O-])cc(Cl)c1O. The van der Waals surface area contributed by atoms with Crippen LogP contribution in [0.2, 0.25) is 5.02 Å². The van der Waals surface area contributed by atoms with E-state index in [4.69, 9.17) is 11.6 Å². The van der Waals surface area contributed by atoms with Crippen LogP contribution >= 0.6 is 43.5 Å². The maximum absolute atomic E-state index is 12.2. The Labute approximate surface area is 146 Å². The lowest BCUT2D eigenvalue weighted by Gasteiger charge is -2.09. The highest BCUT2D eigenvalue weighted by Gasteiger charge is 2.20. The van der Waals surface area contributed by atoms with Crippen molar-refractivity contribution in [1.82, 2.24) is 0 Å². The molecule has 0 aromatic heterocycles. The predicted molar refractivity (Wildman–Crippen MR) is 89.6 cm³/mol. The van der Waals surface area contributed by atoms with E-state index in [2.05, 4.69) is 37.2 Å². The van der Waals surface area contributed by atoms with Crippen LogP contribution in [-0.2, 0) is 0 Å². The number of phenols is 1. The number of rotatable bonds is 3. The number of hydrogen-bond donors (Lipinski definition) is 2. The lowest BCUT2D eigenvalue weighted by Crippen LogP contribution is -2.13. The van der Waals surface area contributed by atoms with Crippen LogP contribution in [0, 0.1) is 10.1 Å². The maximum Gasteiger partial charge on any atom is 0.271 e. The molecule has 9 heteroatoms. The summed E-state index contributed by atoms with van der Waals surface area (Å²) in [4.78, 5) is 22.3. The van der Waals surface area contributed by atoms with Gasteiger partial charge in [-0.25, -0.2) is 0 Å². The van der Waals surface area contributed by atoms with Crippen molar-refractivity contribution in [3.63, 3.8) is 0 Å². The zero-order valence-electron chi connectivity index (χ0n) is 10.6. The Balaban J connectivity index is 2.39. The summed E-state index contributed by atoms with van der Waals surface area (Å²) >= 11 is 12.3. The lowest BCUT2D eigenvalue weighted by atomic mass is 10.1. The van der Waals surface area contributed by atoms with Gasteiger partial charge in [0.05, 0.1) is 21.2 Å². The van der Waals surface area contributed by atoms with Gasteiger partial charge in [0.2, 0.25) is 0 Å². The fourth-order valence-electron chi connectivity index (χ4n) is 1.64. The van der Waals surface area contributed by atoms with Crippen molar-refractivity contribution in [2.45, 2.75) is 0 Å². The first kappa shape index (κ1) is 16.7. The molecule has 0 spiro atoms. The van der Waals surface area contributed by atoms with Crippen LogP contribution < -0.4 is 5.32 Å². The maximum atomic E-state index is 12.2. The van der Waals surface area contributed by atoms with E-state index in [1.54, 1.807) is 18.2 Å². The number of halogens is 3. The standard InChI is InChI=1S/C13H7Br2ClN2O4/c14-6-1-2-11(9(15)3-6)17-13(20)8-4-7(18(21)22)5-10(16)12(8)19/h1-5,19H,(H,17,20). The number of hydrogen-bond acceptors (Lipinski definition) is 4. The summed E-state index contributed by atoms with van der Waals surface area (Å²) in [7, 11) is 0. The molecule has 0 atom stereocenters. The average Bonchev–Trinajstić information content (AvgIpc) is 2.44. The Kier molecular flexibility index (Phi) is 5.05. The van der Waals surface area contributed by atoms with Gasteiger partial charge in [0.15, 0.2) is 0 Å². The van der Waals surface area contributed by atoms with Crippen molar-refractivity contribution < 1.29 is 14.8 Å². The molecule has 0 radical (unpaired) electrons. The lowest BCUT2D eigenvalue weighted by molar-refractivity contribution is -0.384. The van der Waals surface area contributed by atoms with E-state index >= 15 is 0 Å². The highest BCUT2D eigenvalue weighted by atomic mass is 79.9. The minimum atomic E-state index is -0.717. The molecule has 1 amide bonds. The summed E-state index contributed by atoms with van der Waals surface area (Å²) in [6, 6.07) is 6.99. The molecular formula is C13H7Br2ClN2O4. The number of nitro benzene ring substituents is 1. The van der Waals surface area contributed by atoms with E-state index in [0.29, 0.717) is 10.2 Å². The third kappa shape index (κ3) is 3.57. The molecule has 0 aliphatic heterocycles. The first-order valence-corrected chi connectivity index (χ1v) is 7.69. The molecule has 0 saturated heterocycles. The third-order valence-corrected chi connectivity index (χ3v) is 4.12. The van der Waals surface area contributed by atoms with Gasteiger partial charge in [-0.05, 0) is 34.1 Å². The second kappa shape index (κ2) is 6.64.